The summed E-state index contributed by atoms with van der Waals surface area (Å²) in [6.45, 7) is 1.58. The van der Waals surface area contributed by atoms with Crippen LogP contribution in [-0.2, 0) is 0 Å². The first-order valence-electron chi connectivity index (χ1n) is 3.07. The third-order valence-electron chi connectivity index (χ3n) is 1.30. The Morgan fingerprint density at radius 1 is 1.83 bits per heavy atom. The largest absolute Gasteiger partial charge is 0.411 e. The molecule has 12 heavy (non-hydrogen) atoms. The van der Waals surface area contributed by atoms with Gasteiger partial charge in [-0.25, -0.2) is 0 Å². The molecule has 0 bridgehead atoms. The summed E-state index contributed by atoms with van der Waals surface area (Å²) in [5.41, 5.74) is 0.408. The molecule has 1 rings (SSSR count). The number of nitrogens with zero attached hydrogens (tertiary/aromatic N) is 2. The predicted octanol–water partition coefficient (Wildman–Crippen LogP) is 1.85. The molecule has 0 saturated carbocycles. The molecule has 1 aromatic rings. The molecule has 6 heteroatoms. The summed E-state index contributed by atoms with van der Waals surface area (Å²) < 4.78 is 0. The average Bonchev–Trinajstić information content (AvgIpc) is 2.51. The SMILES string of the molecule is CC(=NO)c1cc([N+](=O)[O-])cs1. The molecule has 0 atom stereocenters. The Morgan fingerprint density at radius 3 is 2.92 bits per heavy atom. The van der Waals surface area contributed by atoms with Crippen LogP contribution in [0.4, 0.5) is 5.69 Å². The van der Waals surface area contributed by atoms with Crippen LogP contribution in [0.5, 0.6) is 0 Å². The Hall–Kier alpha value is -1.43. The van der Waals surface area contributed by atoms with E-state index in [2.05, 4.69) is 5.16 Å². The maximum Gasteiger partial charge on any atom is 0.280 e. The molecule has 0 spiro atoms. The molecule has 64 valence electrons. The van der Waals surface area contributed by atoms with Gasteiger partial charge in [0, 0.05) is 6.07 Å². The topological polar surface area (TPSA) is 75.7 Å². The fourth-order valence-corrected chi connectivity index (χ4v) is 1.46. The Morgan fingerprint density at radius 2 is 2.50 bits per heavy atom. The van der Waals surface area contributed by atoms with Crippen LogP contribution >= 0.6 is 11.3 Å². The first kappa shape index (κ1) is 8.66. The van der Waals surface area contributed by atoms with Crippen molar-refractivity contribution < 1.29 is 10.1 Å². The van der Waals surface area contributed by atoms with Gasteiger partial charge in [0.15, 0.2) is 0 Å². The molecule has 0 saturated heterocycles. The number of hydrogen-bond donors (Lipinski definition) is 1. The van der Waals surface area contributed by atoms with E-state index < -0.39 is 4.92 Å². The normalized spacial score (nSPS) is 11.6. The third-order valence-corrected chi connectivity index (χ3v) is 2.33. The number of oxime groups is 1. The van der Waals surface area contributed by atoms with Gasteiger partial charge in [-0.2, -0.15) is 0 Å². The number of thiophene rings is 1. The second-order valence-electron chi connectivity index (χ2n) is 2.11. The fourth-order valence-electron chi connectivity index (χ4n) is 0.661. The molecule has 5 nitrogen and oxygen atoms in total. The molecule has 0 amide bonds. The lowest BCUT2D eigenvalue weighted by molar-refractivity contribution is -0.384. The summed E-state index contributed by atoms with van der Waals surface area (Å²) in [6.07, 6.45) is 0. The molecule has 1 aromatic heterocycles. The van der Waals surface area contributed by atoms with Crippen LogP contribution in [0.2, 0.25) is 0 Å². The molecule has 0 fully saturated rings. The summed E-state index contributed by atoms with van der Waals surface area (Å²) in [4.78, 5) is 10.4. The molecule has 1 heterocycles. The van der Waals surface area contributed by atoms with Crippen molar-refractivity contribution in [2.45, 2.75) is 6.92 Å². The van der Waals surface area contributed by atoms with E-state index >= 15 is 0 Å². The van der Waals surface area contributed by atoms with E-state index in [1.54, 1.807) is 6.92 Å². The van der Waals surface area contributed by atoms with Crippen molar-refractivity contribution in [1.29, 1.82) is 0 Å². The van der Waals surface area contributed by atoms with Crippen molar-refractivity contribution in [2.75, 3.05) is 0 Å². The van der Waals surface area contributed by atoms with Crippen LogP contribution in [0, 0.1) is 10.1 Å². The summed E-state index contributed by atoms with van der Waals surface area (Å²) in [6, 6.07) is 1.37. The van der Waals surface area contributed by atoms with Crippen LogP contribution in [0.1, 0.15) is 11.8 Å². The monoisotopic (exact) mass is 186 g/mol. The minimum atomic E-state index is -0.481. The molecular formula is C6H6N2O3S. The predicted molar refractivity (Wildman–Crippen MR) is 45.0 cm³/mol. The van der Waals surface area contributed by atoms with Gasteiger partial charge in [-0.05, 0) is 6.92 Å². The van der Waals surface area contributed by atoms with Crippen molar-refractivity contribution in [2.24, 2.45) is 5.16 Å². The van der Waals surface area contributed by atoms with Crippen molar-refractivity contribution in [3.05, 3.63) is 26.4 Å². The van der Waals surface area contributed by atoms with Gasteiger partial charge in [0.25, 0.3) is 5.69 Å². The Kier molecular flexibility index (Phi) is 2.39. The molecule has 0 aromatic carbocycles. The molecule has 1 N–H and O–H groups in total. The van der Waals surface area contributed by atoms with Crippen LogP contribution < -0.4 is 0 Å². The highest BCUT2D eigenvalue weighted by molar-refractivity contribution is 7.12. The minimum Gasteiger partial charge on any atom is -0.411 e. The minimum absolute atomic E-state index is 0.0259. The van der Waals surface area contributed by atoms with Crippen LogP contribution in [-0.4, -0.2) is 15.8 Å². The van der Waals surface area contributed by atoms with Crippen molar-refractivity contribution in [1.82, 2.24) is 0 Å². The summed E-state index contributed by atoms with van der Waals surface area (Å²) in [5, 5.41) is 22.9. The van der Waals surface area contributed by atoms with Crippen LogP contribution in [0.15, 0.2) is 16.6 Å². The molecule has 0 radical (unpaired) electrons. The van der Waals surface area contributed by atoms with Gasteiger partial charge >= 0.3 is 0 Å². The van der Waals surface area contributed by atoms with Gasteiger partial charge in [-0.3, -0.25) is 10.1 Å². The van der Waals surface area contributed by atoms with E-state index in [4.69, 9.17) is 5.21 Å². The molecule has 0 unspecified atom stereocenters. The molecule has 0 aliphatic rings. The van der Waals surface area contributed by atoms with Crippen LogP contribution in [0.3, 0.4) is 0 Å². The Labute approximate surface area is 72.1 Å². The fraction of sp³-hybridized carbons (Fsp3) is 0.167. The Balaban J connectivity index is 2.99. The first-order chi connectivity index (χ1) is 5.65. The maximum atomic E-state index is 10.2. The van der Waals surface area contributed by atoms with Gasteiger partial charge in [-0.1, -0.05) is 5.16 Å². The van der Waals surface area contributed by atoms with Gasteiger partial charge in [0.2, 0.25) is 0 Å². The van der Waals surface area contributed by atoms with Gasteiger partial charge < -0.3 is 5.21 Å². The van der Waals surface area contributed by atoms with E-state index in [-0.39, 0.29) is 5.69 Å². The highest BCUT2D eigenvalue weighted by Crippen LogP contribution is 2.21. The van der Waals surface area contributed by atoms with Crippen LogP contribution in [0.25, 0.3) is 0 Å². The highest BCUT2D eigenvalue weighted by atomic mass is 32.1. The lowest BCUT2D eigenvalue weighted by Crippen LogP contribution is -1.89. The maximum absolute atomic E-state index is 10.2. The second-order valence-corrected chi connectivity index (χ2v) is 3.02. The van der Waals surface area contributed by atoms with E-state index in [0.717, 1.165) is 0 Å². The first-order valence-corrected chi connectivity index (χ1v) is 3.95. The Bertz CT molecular complexity index is 331. The molecular weight excluding hydrogens is 180 g/mol. The van der Waals surface area contributed by atoms with E-state index in [0.29, 0.717) is 10.6 Å². The summed E-state index contributed by atoms with van der Waals surface area (Å²) >= 11 is 1.18. The van der Waals surface area contributed by atoms with Crippen molar-refractivity contribution >= 4 is 22.7 Å². The standard InChI is InChI=1S/C6H6N2O3S/c1-4(7-9)6-2-5(3-12-6)8(10)11/h2-3,9H,1H3. The second kappa shape index (κ2) is 3.31. The lowest BCUT2D eigenvalue weighted by Gasteiger charge is -1.87. The molecule has 0 aliphatic heterocycles. The van der Waals surface area contributed by atoms with Crippen molar-refractivity contribution in [3.8, 4) is 0 Å². The zero-order valence-corrected chi connectivity index (χ0v) is 7.04. The van der Waals surface area contributed by atoms with Gasteiger partial charge in [0.05, 0.1) is 20.9 Å². The van der Waals surface area contributed by atoms with Crippen molar-refractivity contribution in [3.63, 3.8) is 0 Å². The number of nitro groups is 1. The summed E-state index contributed by atoms with van der Waals surface area (Å²) in [5.74, 6) is 0. The van der Waals surface area contributed by atoms with Gasteiger partial charge in [0.1, 0.15) is 0 Å². The summed E-state index contributed by atoms with van der Waals surface area (Å²) in [7, 11) is 0. The third kappa shape index (κ3) is 1.59. The van der Waals surface area contributed by atoms with Gasteiger partial charge in [-0.15, -0.1) is 11.3 Å². The van der Waals surface area contributed by atoms with E-state index in [1.807, 2.05) is 0 Å². The zero-order valence-electron chi connectivity index (χ0n) is 6.22. The highest BCUT2D eigenvalue weighted by Gasteiger charge is 2.10. The lowest BCUT2D eigenvalue weighted by atomic mass is 10.3. The van der Waals surface area contributed by atoms with E-state index in [1.165, 1.54) is 22.8 Å². The smallest absolute Gasteiger partial charge is 0.280 e. The molecule has 0 aliphatic carbocycles. The number of rotatable bonds is 2. The zero-order chi connectivity index (χ0) is 9.14. The average molecular weight is 186 g/mol. The quantitative estimate of drug-likeness (QED) is 0.331. The van der Waals surface area contributed by atoms with E-state index in [9.17, 15) is 10.1 Å². The number of hydrogen-bond acceptors (Lipinski definition) is 5.